The van der Waals surface area contributed by atoms with Crippen LogP contribution >= 0.6 is 0 Å². The number of anilines is 1. The van der Waals surface area contributed by atoms with Crippen molar-refractivity contribution in [2.75, 3.05) is 38.1 Å². The van der Waals surface area contributed by atoms with Crippen LogP contribution in [0, 0.1) is 11.8 Å². The molecule has 2 unspecified atom stereocenters. The molecule has 5 heteroatoms. The van der Waals surface area contributed by atoms with Gasteiger partial charge in [-0.25, -0.2) is 0 Å². The summed E-state index contributed by atoms with van der Waals surface area (Å²) in [4.78, 5) is 18.0. The average molecular weight is 246 g/mol. The van der Waals surface area contributed by atoms with Crippen LogP contribution in [-0.4, -0.2) is 44.1 Å². The fourth-order valence-electron chi connectivity index (χ4n) is 2.93. The number of carbonyl (C=O) groups excluding carboxylic acids is 1. The zero-order valence-electron chi connectivity index (χ0n) is 10.5. The molecule has 5 nitrogen and oxygen atoms in total. The van der Waals surface area contributed by atoms with E-state index in [0.717, 1.165) is 43.7 Å². The summed E-state index contributed by atoms with van der Waals surface area (Å²) in [6.07, 6.45) is 1.71. The first-order chi connectivity index (χ1) is 8.78. The van der Waals surface area contributed by atoms with Gasteiger partial charge in [-0.05, 0) is 24.0 Å². The Hall–Kier alpha value is -1.62. The fourth-order valence-corrected chi connectivity index (χ4v) is 2.93. The predicted octanol–water partition coefficient (Wildman–Crippen LogP) is 0.0968. The topological polar surface area (TPSA) is 57.3 Å². The van der Waals surface area contributed by atoms with Gasteiger partial charge in [0.15, 0.2) is 0 Å². The summed E-state index contributed by atoms with van der Waals surface area (Å²) in [5.41, 5.74) is 1.60. The van der Waals surface area contributed by atoms with E-state index >= 15 is 0 Å². The average Bonchev–Trinajstić information content (AvgIpc) is 2.98. The lowest BCUT2D eigenvalue weighted by molar-refractivity contribution is 0.0958. The van der Waals surface area contributed by atoms with Gasteiger partial charge in [-0.3, -0.25) is 9.78 Å². The van der Waals surface area contributed by atoms with Crippen molar-refractivity contribution >= 4 is 11.6 Å². The Bertz CT molecular complexity index is 450. The molecule has 0 radical (unpaired) electrons. The molecule has 2 atom stereocenters. The monoisotopic (exact) mass is 246 g/mol. The van der Waals surface area contributed by atoms with E-state index in [4.69, 9.17) is 0 Å². The van der Waals surface area contributed by atoms with Gasteiger partial charge in [0, 0.05) is 45.1 Å². The van der Waals surface area contributed by atoms with Crippen molar-refractivity contribution in [2.24, 2.45) is 11.8 Å². The van der Waals surface area contributed by atoms with Crippen molar-refractivity contribution < 1.29 is 4.79 Å². The van der Waals surface area contributed by atoms with Crippen molar-refractivity contribution in [3.8, 4) is 0 Å². The predicted molar refractivity (Wildman–Crippen MR) is 69.7 cm³/mol. The molecule has 1 aromatic rings. The Labute approximate surface area is 107 Å². The van der Waals surface area contributed by atoms with Crippen LogP contribution in [0.2, 0.25) is 0 Å². The number of aromatic nitrogens is 1. The van der Waals surface area contributed by atoms with Crippen LogP contribution in [0.5, 0.6) is 0 Å². The summed E-state index contributed by atoms with van der Waals surface area (Å²) < 4.78 is 0. The Balaban J connectivity index is 1.79. The highest BCUT2D eigenvalue weighted by atomic mass is 16.1. The molecule has 2 fully saturated rings. The van der Waals surface area contributed by atoms with E-state index in [9.17, 15) is 4.79 Å². The van der Waals surface area contributed by atoms with Crippen LogP contribution in [0.3, 0.4) is 0 Å². The molecule has 18 heavy (non-hydrogen) atoms. The summed E-state index contributed by atoms with van der Waals surface area (Å²) >= 11 is 0. The quantitative estimate of drug-likeness (QED) is 0.777. The molecular weight excluding hydrogens is 228 g/mol. The van der Waals surface area contributed by atoms with Crippen LogP contribution in [0.15, 0.2) is 18.3 Å². The van der Waals surface area contributed by atoms with E-state index in [-0.39, 0.29) is 5.91 Å². The third-order valence-electron chi connectivity index (χ3n) is 3.96. The van der Waals surface area contributed by atoms with Gasteiger partial charge in [0.2, 0.25) is 0 Å². The van der Waals surface area contributed by atoms with Crippen molar-refractivity contribution in [3.05, 3.63) is 24.0 Å². The maximum absolute atomic E-state index is 11.6. The zero-order valence-corrected chi connectivity index (χ0v) is 10.5. The number of carbonyl (C=O) groups is 1. The minimum atomic E-state index is -0.127. The third-order valence-corrected chi connectivity index (χ3v) is 3.96. The second kappa shape index (κ2) is 4.57. The van der Waals surface area contributed by atoms with E-state index in [2.05, 4.69) is 20.5 Å². The highest BCUT2D eigenvalue weighted by Crippen LogP contribution is 2.30. The number of hydrogen-bond acceptors (Lipinski definition) is 4. The first kappa shape index (κ1) is 11.5. The maximum Gasteiger partial charge on any atom is 0.269 e. The minimum absolute atomic E-state index is 0.127. The van der Waals surface area contributed by atoms with E-state index < -0.39 is 0 Å². The summed E-state index contributed by atoms with van der Waals surface area (Å²) in [5, 5.41) is 6.04. The van der Waals surface area contributed by atoms with Gasteiger partial charge < -0.3 is 15.5 Å². The molecule has 1 amide bonds. The van der Waals surface area contributed by atoms with Gasteiger partial charge in [-0.1, -0.05) is 0 Å². The maximum atomic E-state index is 11.6. The molecule has 2 saturated heterocycles. The number of nitrogens with zero attached hydrogens (tertiary/aromatic N) is 2. The van der Waals surface area contributed by atoms with Crippen LogP contribution in [0.4, 0.5) is 5.69 Å². The lowest BCUT2D eigenvalue weighted by atomic mass is 10.0. The molecule has 1 aromatic heterocycles. The molecule has 0 saturated carbocycles. The third kappa shape index (κ3) is 1.95. The smallest absolute Gasteiger partial charge is 0.269 e. The SMILES string of the molecule is CNC(=O)c1cc(N2CC3CNCC3C2)ccn1. The van der Waals surface area contributed by atoms with Crippen LogP contribution < -0.4 is 15.5 Å². The standard InChI is InChI=1S/C13H18N4O/c1-14-13(18)12-4-11(2-3-16-12)17-7-9-5-15-6-10(9)8-17/h2-4,9-10,15H,5-8H2,1H3,(H,14,18). The van der Waals surface area contributed by atoms with Gasteiger partial charge in [-0.15, -0.1) is 0 Å². The van der Waals surface area contributed by atoms with Crippen molar-refractivity contribution in [1.82, 2.24) is 15.6 Å². The number of pyridine rings is 1. The first-order valence-electron chi connectivity index (χ1n) is 6.41. The van der Waals surface area contributed by atoms with E-state index in [0.29, 0.717) is 5.69 Å². The fraction of sp³-hybridized carbons (Fsp3) is 0.538. The zero-order chi connectivity index (χ0) is 12.5. The molecule has 3 rings (SSSR count). The molecule has 3 heterocycles. The van der Waals surface area contributed by atoms with Gasteiger partial charge in [0.25, 0.3) is 5.91 Å². The summed E-state index contributed by atoms with van der Waals surface area (Å²) in [6, 6.07) is 3.87. The van der Waals surface area contributed by atoms with E-state index in [1.54, 1.807) is 13.2 Å². The van der Waals surface area contributed by atoms with Gasteiger partial charge >= 0.3 is 0 Å². The number of fused-ring (bicyclic) bond motifs is 1. The molecule has 0 aliphatic carbocycles. The van der Waals surface area contributed by atoms with Crippen molar-refractivity contribution in [3.63, 3.8) is 0 Å². The Morgan fingerprint density at radius 2 is 2.17 bits per heavy atom. The largest absolute Gasteiger partial charge is 0.371 e. The van der Waals surface area contributed by atoms with Crippen molar-refractivity contribution in [1.29, 1.82) is 0 Å². The van der Waals surface area contributed by atoms with Crippen molar-refractivity contribution in [2.45, 2.75) is 0 Å². The Morgan fingerprint density at radius 3 is 2.83 bits per heavy atom. The lowest BCUT2D eigenvalue weighted by Crippen LogP contribution is -2.26. The lowest BCUT2D eigenvalue weighted by Gasteiger charge is -2.20. The highest BCUT2D eigenvalue weighted by molar-refractivity contribution is 5.92. The normalized spacial score (nSPS) is 26.2. The first-order valence-corrected chi connectivity index (χ1v) is 6.41. The Morgan fingerprint density at radius 1 is 1.44 bits per heavy atom. The van der Waals surface area contributed by atoms with Gasteiger partial charge in [0.05, 0.1) is 0 Å². The van der Waals surface area contributed by atoms with Crippen LogP contribution in [0.1, 0.15) is 10.5 Å². The molecule has 2 aliphatic rings. The molecule has 0 aromatic carbocycles. The highest BCUT2D eigenvalue weighted by Gasteiger charge is 2.36. The van der Waals surface area contributed by atoms with Gasteiger partial charge in [0.1, 0.15) is 5.69 Å². The summed E-state index contributed by atoms with van der Waals surface area (Å²) in [6.45, 7) is 4.40. The molecule has 0 spiro atoms. The van der Waals surface area contributed by atoms with E-state index in [1.807, 2.05) is 12.1 Å². The second-order valence-corrected chi connectivity index (χ2v) is 5.06. The Kier molecular flexibility index (Phi) is 2.91. The number of nitrogens with one attached hydrogen (secondary N) is 2. The molecular formula is C13H18N4O. The van der Waals surface area contributed by atoms with Gasteiger partial charge in [-0.2, -0.15) is 0 Å². The number of amides is 1. The molecule has 2 N–H and O–H groups in total. The molecule has 0 bridgehead atoms. The van der Waals surface area contributed by atoms with E-state index in [1.165, 1.54) is 0 Å². The second-order valence-electron chi connectivity index (χ2n) is 5.06. The number of hydrogen-bond donors (Lipinski definition) is 2. The summed E-state index contributed by atoms with van der Waals surface area (Å²) in [5.74, 6) is 1.38. The number of rotatable bonds is 2. The van der Waals surface area contributed by atoms with Crippen LogP contribution in [0.25, 0.3) is 0 Å². The minimum Gasteiger partial charge on any atom is -0.371 e. The molecule has 96 valence electrons. The van der Waals surface area contributed by atoms with Crippen LogP contribution in [-0.2, 0) is 0 Å². The molecule has 2 aliphatic heterocycles. The summed E-state index contributed by atoms with van der Waals surface area (Å²) in [7, 11) is 1.63.